The molecule has 0 aliphatic rings. The van der Waals surface area contributed by atoms with Crippen molar-refractivity contribution in [3.8, 4) is 0 Å². The van der Waals surface area contributed by atoms with Gasteiger partial charge in [0.25, 0.3) is 17.6 Å². The summed E-state index contributed by atoms with van der Waals surface area (Å²) in [5.41, 5.74) is 0. The molecular formula is C4HCl2F5. The van der Waals surface area contributed by atoms with E-state index in [0.717, 1.165) is 0 Å². The van der Waals surface area contributed by atoms with Crippen LogP contribution in [0.5, 0.6) is 0 Å². The van der Waals surface area contributed by atoms with Crippen LogP contribution in [-0.2, 0) is 0 Å². The van der Waals surface area contributed by atoms with Crippen molar-refractivity contribution in [2.24, 2.45) is 0 Å². The molecule has 0 aromatic carbocycles. The maximum absolute atomic E-state index is 12.2. The predicted molar refractivity (Wildman–Crippen MR) is 30.8 cm³/mol. The van der Waals surface area contributed by atoms with E-state index in [1.54, 1.807) is 0 Å². The molecule has 0 fully saturated rings. The van der Waals surface area contributed by atoms with Gasteiger partial charge in [-0.15, -0.1) is 0 Å². The van der Waals surface area contributed by atoms with Gasteiger partial charge >= 0.3 is 0 Å². The molecule has 1 atom stereocenters. The Balaban J connectivity index is 4.70. The lowest BCUT2D eigenvalue weighted by molar-refractivity contribution is 0.0450. The average Bonchev–Trinajstić information content (AvgIpc) is 1.85. The highest BCUT2D eigenvalue weighted by molar-refractivity contribution is 6.39. The van der Waals surface area contributed by atoms with Crippen molar-refractivity contribution in [2.45, 2.75) is 11.6 Å². The molecule has 0 bridgehead atoms. The van der Waals surface area contributed by atoms with Crippen molar-refractivity contribution >= 4 is 23.2 Å². The number of halogens is 7. The van der Waals surface area contributed by atoms with Crippen molar-refractivity contribution in [3.05, 3.63) is 11.1 Å². The Morgan fingerprint density at radius 1 is 1.27 bits per heavy atom. The van der Waals surface area contributed by atoms with Gasteiger partial charge in [0, 0.05) is 0 Å². The quantitative estimate of drug-likeness (QED) is 0.488. The maximum atomic E-state index is 12.2. The molecule has 0 amide bonds. The lowest BCUT2D eigenvalue weighted by Crippen LogP contribution is -2.25. The third-order valence-corrected chi connectivity index (χ3v) is 1.60. The molecule has 0 aliphatic heterocycles. The summed E-state index contributed by atoms with van der Waals surface area (Å²) >= 11 is 8.78. The first-order chi connectivity index (χ1) is 4.80. The van der Waals surface area contributed by atoms with Gasteiger partial charge in [-0.25, -0.2) is 13.2 Å². The zero-order chi connectivity index (χ0) is 9.23. The monoisotopic (exact) mass is 214 g/mol. The topological polar surface area (TPSA) is 0 Å². The lowest BCUT2D eigenvalue weighted by atomic mass is 10.4. The maximum Gasteiger partial charge on any atom is 0.291 e. The first-order valence-corrected chi connectivity index (χ1v) is 2.93. The van der Waals surface area contributed by atoms with Crippen LogP contribution in [0.2, 0.25) is 0 Å². The zero-order valence-electron chi connectivity index (χ0n) is 4.72. The van der Waals surface area contributed by atoms with Crippen molar-refractivity contribution in [1.82, 2.24) is 0 Å². The molecule has 0 heterocycles. The minimum atomic E-state index is -3.99. The van der Waals surface area contributed by atoms with E-state index in [0.29, 0.717) is 0 Å². The van der Waals surface area contributed by atoms with E-state index in [-0.39, 0.29) is 0 Å². The Morgan fingerprint density at radius 2 is 1.64 bits per heavy atom. The second-order valence-electron chi connectivity index (χ2n) is 1.50. The molecule has 0 aromatic rings. The lowest BCUT2D eigenvalue weighted by Gasteiger charge is -2.13. The van der Waals surface area contributed by atoms with Gasteiger partial charge in [0.1, 0.15) is 5.03 Å². The van der Waals surface area contributed by atoms with Crippen LogP contribution in [0.3, 0.4) is 0 Å². The zero-order valence-corrected chi connectivity index (χ0v) is 6.23. The van der Waals surface area contributed by atoms with Gasteiger partial charge in [-0.2, -0.15) is 8.78 Å². The van der Waals surface area contributed by atoms with Crippen LogP contribution < -0.4 is 0 Å². The molecule has 0 spiro atoms. The molecular weight excluding hydrogens is 214 g/mol. The summed E-state index contributed by atoms with van der Waals surface area (Å²) in [6, 6.07) is 0. The predicted octanol–water partition coefficient (Wildman–Crippen LogP) is 3.50. The van der Waals surface area contributed by atoms with E-state index in [1.165, 1.54) is 0 Å². The molecule has 0 radical (unpaired) electrons. The normalized spacial score (nSPS) is 16.4. The van der Waals surface area contributed by atoms with Gasteiger partial charge in [-0.1, -0.05) is 23.2 Å². The Labute approximate surface area is 68.6 Å². The number of hydrogen-bond donors (Lipinski definition) is 0. The van der Waals surface area contributed by atoms with E-state index in [2.05, 4.69) is 23.2 Å². The van der Waals surface area contributed by atoms with E-state index < -0.39 is 22.7 Å². The molecule has 66 valence electrons. The third-order valence-electron chi connectivity index (χ3n) is 0.733. The van der Waals surface area contributed by atoms with Crippen LogP contribution >= 0.6 is 23.2 Å². The molecule has 0 saturated heterocycles. The number of hydrogen-bond acceptors (Lipinski definition) is 0. The standard InChI is InChI=1S/C4HCl2F5/c5-1(2(7)8)4(6,11)3(9)10/h3H. The summed E-state index contributed by atoms with van der Waals surface area (Å²) < 4.78 is 57.9. The molecule has 0 nitrogen and oxygen atoms in total. The molecule has 11 heavy (non-hydrogen) atoms. The first kappa shape index (κ1) is 11.0. The fourth-order valence-corrected chi connectivity index (χ4v) is 0.376. The second-order valence-corrected chi connectivity index (χ2v) is 2.43. The van der Waals surface area contributed by atoms with Crippen LogP contribution in [0.1, 0.15) is 0 Å². The fraction of sp³-hybridized carbons (Fsp3) is 0.500. The van der Waals surface area contributed by atoms with Crippen LogP contribution in [0.4, 0.5) is 22.0 Å². The van der Waals surface area contributed by atoms with Gasteiger partial charge < -0.3 is 0 Å². The van der Waals surface area contributed by atoms with Gasteiger partial charge in [0.05, 0.1) is 0 Å². The van der Waals surface area contributed by atoms with Crippen LogP contribution in [0.25, 0.3) is 0 Å². The summed E-state index contributed by atoms with van der Waals surface area (Å²) in [5, 5.41) is -5.96. The number of allylic oxidation sites excluding steroid dienone is 1. The van der Waals surface area contributed by atoms with Gasteiger partial charge in [-0.05, 0) is 0 Å². The van der Waals surface area contributed by atoms with Gasteiger partial charge in [0.2, 0.25) is 0 Å². The number of rotatable bonds is 2. The highest BCUT2D eigenvalue weighted by Gasteiger charge is 2.44. The van der Waals surface area contributed by atoms with E-state index in [9.17, 15) is 22.0 Å². The second kappa shape index (κ2) is 3.58. The summed E-state index contributed by atoms with van der Waals surface area (Å²) in [6.07, 6.45) is -6.55. The smallest absolute Gasteiger partial charge is 0.213 e. The summed E-state index contributed by atoms with van der Waals surface area (Å²) in [7, 11) is 0. The number of alkyl halides is 4. The molecule has 0 rings (SSSR count). The minimum Gasteiger partial charge on any atom is -0.213 e. The summed E-state index contributed by atoms with van der Waals surface area (Å²) in [5.74, 6) is 0. The highest BCUT2D eigenvalue weighted by Crippen LogP contribution is 2.38. The minimum absolute atomic E-state index is 1.98. The van der Waals surface area contributed by atoms with Crippen molar-refractivity contribution in [1.29, 1.82) is 0 Å². The molecule has 7 heteroatoms. The fourth-order valence-electron chi connectivity index (χ4n) is 0.222. The Hall–Kier alpha value is -0.0300. The van der Waals surface area contributed by atoms with Gasteiger partial charge in [-0.3, -0.25) is 0 Å². The molecule has 0 aliphatic carbocycles. The van der Waals surface area contributed by atoms with Crippen molar-refractivity contribution < 1.29 is 22.0 Å². The first-order valence-electron chi connectivity index (χ1n) is 2.17. The van der Waals surface area contributed by atoms with Crippen molar-refractivity contribution in [2.75, 3.05) is 0 Å². The van der Waals surface area contributed by atoms with Crippen LogP contribution in [0.15, 0.2) is 11.1 Å². The van der Waals surface area contributed by atoms with E-state index in [4.69, 9.17) is 0 Å². The van der Waals surface area contributed by atoms with Crippen LogP contribution in [0, 0.1) is 0 Å². The SMILES string of the molecule is FC(F)=C(Cl)C(F)(Cl)C(F)F. The molecule has 0 saturated carbocycles. The van der Waals surface area contributed by atoms with Gasteiger partial charge in [0.15, 0.2) is 0 Å². The summed E-state index contributed by atoms with van der Waals surface area (Å²) in [4.78, 5) is 0. The Morgan fingerprint density at radius 3 is 1.73 bits per heavy atom. The Kier molecular flexibility index (Phi) is 3.57. The van der Waals surface area contributed by atoms with E-state index in [1.807, 2.05) is 0 Å². The third kappa shape index (κ3) is 2.48. The average molecular weight is 215 g/mol. The summed E-state index contributed by atoms with van der Waals surface area (Å²) in [6.45, 7) is 0. The highest BCUT2D eigenvalue weighted by atomic mass is 35.5. The largest absolute Gasteiger partial charge is 0.291 e. The molecule has 0 aromatic heterocycles. The molecule has 1 unspecified atom stereocenters. The Bertz CT molecular complexity index is 171. The molecule has 0 N–H and O–H groups in total. The van der Waals surface area contributed by atoms with Crippen LogP contribution in [-0.4, -0.2) is 11.6 Å². The van der Waals surface area contributed by atoms with E-state index >= 15 is 0 Å². The van der Waals surface area contributed by atoms with Crippen molar-refractivity contribution in [3.63, 3.8) is 0 Å².